The Morgan fingerprint density at radius 3 is 2.26 bits per heavy atom. The van der Waals surface area contributed by atoms with Gasteiger partial charge in [0.15, 0.2) is 11.6 Å². The minimum atomic E-state index is -0.347. The van der Waals surface area contributed by atoms with Crippen LogP contribution in [-0.4, -0.2) is 49.0 Å². The van der Waals surface area contributed by atoms with Gasteiger partial charge in [0.05, 0.1) is 7.11 Å². The summed E-state index contributed by atoms with van der Waals surface area (Å²) in [4.78, 5) is 16.7. The average Bonchev–Trinajstić information content (AvgIpc) is 2.68. The number of hydrogen-bond acceptors (Lipinski definition) is 4. The topological polar surface area (TPSA) is 58.8 Å². The van der Waals surface area contributed by atoms with Gasteiger partial charge < -0.3 is 15.4 Å². The van der Waals surface area contributed by atoms with Crippen LogP contribution in [0, 0.1) is 5.82 Å². The van der Waals surface area contributed by atoms with E-state index in [9.17, 15) is 9.18 Å². The predicted octanol–water partition coefficient (Wildman–Crippen LogP) is 2.67. The van der Waals surface area contributed by atoms with Crippen LogP contribution in [-0.2, 0) is 13.1 Å². The minimum Gasteiger partial charge on any atom is -0.494 e. The fraction of sp³-hybridized carbons (Fsp3) is 0.350. The largest absolute Gasteiger partial charge is 0.494 e. The first-order valence-corrected chi connectivity index (χ1v) is 8.73. The van der Waals surface area contributed by atoms with Crippen LogP contribution < -0.4 is 10.5 Å². The molecule has 0 spiro atoms. The monoisotopic (exact) mass is 393 g/mol. The van der Waals surface area contributed by atoms with Crippen LogP contribution >= 0.6 is 12.4 Å². The Labute approximate surface area is 165 Å². The number of benzene rings is 2. The molecule has 1 aliphatic rings. The summed E-state index contributed by atoms with van der Waals surface area (Å²) < 4.78 is 18.8. The lowest BCUT2D eigenvalue weighted by molar-refractivity contribution is 0.0628. The number of ether oxygens (including phenoxy) is 1. The molecule has 1 heterocycles. The molecule has 0 saturated carbocycles. The summed E-state index contributed by atoms with van der Waals surface area (Å²) in [6.45, 7) is 3.99. The van der Waals surface area contributed by atoms with Gasteiger partial charge in [-0.1, -0.05) is 18.2 Å². The number of nitrogens with zero attached hydrogens (tertiary/aromatic N) is 2. The van der Waals surface area contributed by atoms with Gasteiger partial charge in [-0.25, -0.2) is 4.39 Å². The molecule has 0 aromatic heterocycles. The first-order valence-electron chi connectivity index (χ1n) is 8.73. The zero-order valence-electron chi connectivity index (χ0n) is 15.4. The molecule has 2 aromatic rings. The van der Waals surface area contributed by atoms with Crippen molar-refractivity contribution in [3.8, 4) is 5.75 Å². The molecule has 5 nitrogen and oxygen atoms in total. The summed E-state index contributed by atoms with van der Waals surface area (Å²) >= 11 is 0. The molecule has 1 aliphatic heterocycles. The molecule has 146 valence electrons. The Kier molecular flexibility index (Phi) is 7.59. The van der Waals surface area contributed by atoms with Crippen LogP contribution in [0.1, 0.15) is 21.5 Å². The van der Waals surface area contributed by atoms with Crippen LogP contribution in [0.2, 0.25) is 0 Å². The van der Waals surface area contributed by atoms with Gasteiger partial charge in [0.1, 0.15) is 0 Å². The minimum absolute atomic E-state index is 0. The lowest BCUT2D eigenvalue weighted by Crippen LogP contribution is -2.48. The van der Waals surface area contributed by atoms with Crippen molar-refractivity contribution in [3.63, 3.8) is 0 Å². The normalized spacial score (nSPS) is 14.6. The molecule has 0 atom stereocenters. The first-order chi connectivity index (χ1) is 12.6. The lowest BCUT2D eigenvalue weighted by atomic mass is 10.1. The van der Waals surface area contributed by atoms with Crippen LogP contribution in [0.15, 0.2) is 42.5 Å². The zero-order chi connectivity index (χ0) is 18.5. The Morgan fingerprint density at radius 1 is 1.07 bits per heavy atom. The van der Waals surface area contributed by atoms with E-state index in [0.717, 1.165) is 24.2 Å². The van der Waals surface area contributed by atoms with E-state index in [4.69, 9.17) is 10.5 Å². The third-order valence-corrected chi connectivity index (χ3v) is 4.72. The van der Waals surface area contributed by atoms with Crippen LogP contribution in [0.25, 0.3) is 0 Å². The van der Waals surface area contributed by atoms with Crippen molar-refractivity contribution < 1.29 is 13.9 Å². The fourth-order valence-electron chi connectivity index (χ4n) is 3.14. The van der Waals surface area contributed by atoms with Crippen molar-refractivity contribution in [1.29, 1.82) is 0 Å². The molecule has 1 fully saturated rings. The van der Waals surface area contributed by atoms with E-state index < -0.39 is 0 Å². The number of hydrogen-bond donors (Lipinski definition) is 1. The van der Waals surface area contributed by atoms with Crippen molar-refractivity contribution >= 4 is 18.3 Å². The molecular formula is C20H25ClFN3O2. The highest BCUT2D eigenvalue weighted by atomic mass is 35.5. The van der Waals surface area contributed by atoms with E-state index in [0.29, 0.717) is 31.7 Å². The molecule has 3 rings (SSSR count). The number of amides is 1. The fourth-order valence-corrected chi connectivity index (χ4v) is 3.14. The third-order valence-electron chi connectivity index (χ3n) is 4.72. The molecule has 27 heavy (non-hydrogen) atoms. The summed E-state index contributed by atoms with van der Waals surface area (Å²) in [6.07, 6.45) is 0. The lowest BCUT2D eigenvalue weighted by Gasteiger charge is -2.34. The van der Waals surface area contributed by atoms with Gasteiger partial charge in [-0.3, -0.25) is 9.69 Å². The molecule has 0 unspecified atom stereocenters. The second-order valence-electron chi connectivity index (χ2n) is 6.44. The Hall–Kier alpha value is -2.15. The van der Waals surface area contributed by atoms with E-state index >= 15 is 0 Å². The summed E-state index contributed by atoms with van der Waals surface area (Å²) in [5.74, 6) is -0.0479. The highest BCUT2D eigenvalue weighted by Gasteiger charge is 2.22. The van der Waals surface area contributed by atoms with Crippen molar-refractivity contribution in [2.45, 2.75) is 13.1 Å². The van der Waals surface area contributed by atoms with E-state index in [2.05, 4.69) is 4.90 Å². The molecule has 1 saturated heterocycles. The molecule has 0 aliphatic carbocycles. The quantitative estimate of drug-likeness (QED) is 0.848. The van der Waals surface area contributed by atoms with Crippen LogP contribution in [0.3, 0.4) is 0 Å². The van der Waals surface area contributed by atoms with Gasteiger partial charge >= 0.3 is 0 Å². The van der Waals surface area contributed by atoms with Crippen molar-refractivity contribution in [2.75, 3.05) is 33.3 Å². The number of piperazine rings is 1. The number of rotatable bonds is 5. The molecule has 7 heteroatoms. The summed E-state index contributed by atoms with van der Waals surface area (Å²) in [5, 5.41) is 0. The van der Waals surface area contributed by atoms with E-state index in [-0.39, 0.29) is 29.9 Å². The standard InChI is InChI=1S/C20H24FN3O2.ClH/c1-26-19-7-4-16(12-18(19)21)14-23-8-10-24(11-9-23)20(25)17-5-2-15(13-22)3-6-17;/h2-7,12H,8-11,13-14,22H2,1H3;1H. The zero-order valence-corrected chi connectivity index (χ0v) is 16.2. The maximum absolute atomic E-state index is 13.8. The van der Waals surface area contributed by atoms with E-state index in [1.165, 1.54) is 13.2 Å². The molecule has 0 bridgehead atoms. The molecule has 2 N–H and O–H groups in total. The molecule has 2 aromatic carbocycles. The van der Waals surface area contributed by atoms with Crippen LogP contribution in [0.4, 0.5) is 4.39 Å². The predicted molar refractivity (Wildman–Crippen MR) is 106 cm³/mol. The average molecular weight is 394 g/mol. The molecule has 1 amide bonds. The summed E-state index contributed by atoms with van der Waals surface area (Å²) in [5.41, 5.74) is 8.19. The Balaban J connectivity index is 0.00000261. The number of nitrogens with two attached hydrogens (primary N) is 1. The molecular weight excluding hydrogens is 369 g/mol. The van der Waals surface area contributed by atoms with Gasteiger partial charge in [-0.2, -0.15) is 0 Å². The van der Waals surface area contributed by atoms with Gasteiger partial charge in [0, 0.05) is 44.8 Å². The molecule has 0 radical (unpaired) electrons. The van der Waals surface area contributed by atoms with Crippen LogP contribution in [0.5, 0.6) is 5.75 Å². The van der Waals surface area contributed by atoms with Gasteiger partial charge in [-0.05, 0) is 35.4 Å². The number of carbonyl (C=O) groups is 1. The highest BCUT2D eigenvalue weighted by molar-refractivity contribution is 5.94. The second-order valence-corrected chi connectivity index (χ2v) is 6.44. The second kappa shape index (κ2) is 9.69. The van der Waals surface area contributed by atoms with Gasteiger partial charge in [0.2, 0.25) is 0 Å². The Bertz CT molecular complexity index is 762. The number of halogens is 2. The first kappa shape index (κ1) is 21.2. The summed E-state index contributed by atoms with van der Waals surface area (Å²) in [6, 6.07) is 12.5. The van der Waals surface area contributed by atoms with Crippen molar-refractivity contribution in [1.82, 2.24) is 9.80 Å². The van der Waals surface area contributed by atoms with Gasteiger partial charge in [-0.15, -0.1) is 12.4 Å². The smallest absolute Gasteiger partial charge is 0.253 e. The van der Waals surface area contributed by atoms with Crippen molar-refractivity contribution in [3.05, 3.63) is 65.0 Å². The van der Waals surface area contributed by atoms with E-state index in [1.54, 1.807) is 6.07 Å². The highest BCUT2D eigenvalue weighted by Crippen LogP contribution is 2.19. The van der Waals surface area contributed by atoms with E-state index in [1.807, 2.05) is 35.2 Å². The number of carbonyl (C=O) groups excluding carboxylic acids is 1. The van der Waals surface area contributed by atoms with Gasteiger partial charge in [0.25, 0.3) is 5.91 Å². The maximum atomic E-state index is 13.8. The SMILES string of the molecule is COc1ccc(CN2CCN(C(=O)c3ccc(CN)cc3)CC2)cc1F.Cl. The maximum Gasteiger partial charge on any atom is 0.253 e. The third kappa shape index (κ3) is 5.19. The Morgan fingerprint density at radius 2 is 1.70 bits per heavy atom. The number of methoxy groups -OCH3 is 1. The van der Waals surface area contributed by atoms with Crippen molar-refractivity contribution in [2.24, 2.45) is 5.73 Å². The summed E-state index contributed by atoms with van der Waals surface area (Å²) in [7, 11) is 1.46.